The molecule has 0 radical (unpaired) electrons. The van der Waals surface area contributed by atoms with Crippen molar-refractivity contribution in [1.29, 1.82) is 0 Å². The molecule has 0 bridgehead atoms. The summed E-state index contributed by atoms with van der Waals surface area (Å²) in [5.41, 5.74) is 1.12. The summed E-state index contributed by atoms with van der Waals surface area (Å²) in [6.45, 7) is 0. The second kappa shape index (κ2) is 6.16. The van der Waals surface area contributed by atoms with Crippen LogP contribution in [0.3, 0.4) is 0 Å². The third kappa shape index (κ3) is 2.86. The topological polar surface area (TPSA) is 63.6 Å². The van der Waals surface area contributed by atoms with E-state index in [0.29, 0.717) is 23.2 Å². The second-order valence-electron chi connectivity index (χ2n) is 4.17. The van der Waals surface area contributed by atoms with Gasteiger partial charge in [-0.3, -0.25) is 4.79 Å². The maximum Gasteiger partial charge on any atom is 0.336 e. The van der Waals surface area contributed by atoms with Gasteiger partial charge >= 0.3 is 5.97 Å². The van der Waals surface area contributed by atoms with Gasteiger partial charge in [-0.25, -0.2) is 4.79 Å². The van der Waals surface area contributed by atoms with Gasteiger partial charge in [0.2, 0.25) is 0 Å². The molecule has 0 aliphatic heterocycles. The van der Waals surface area contributed by atoms with E-state index in [-0.39, 0.29) is 21.2 Å². The molecule has 0 saturated heterocycles. The summed E-state index contributed by atoms with van der Waals surface area (Å²) in [6.07, 6.45) is 0.671. The number of aldehydes is 1. The van der Waals surface area contributed by atoms with E-state index >= 15 is 0 Å². The van der Waals surface area contributed by atoms with Crippen LogP contribution in [0, 0.1) is 0 Å². The van der Waals surface area contributed by atoms with Crippen LogP contribution in [0.25, 0.3) is 11.1 Å². The van der Waals surface area contributed by atoms with Crippen LogP contribution in [0.1, 0.15) is 20.7 Å². The molecule has 108 valence electrons. The SMILES string of the molecule is COc1cc(C=O)ccc1-c1c(C(=O)O)ccc(Cl)c1Cl. The average Bonchev–Trinajstić information content (AvgIpc) is 2.49. The highest BCUT2D eigenvalue weighted by Crippen LogP contribution is 2.41. The summed E-state index contributed by atoms with van der Waals surface area (Å²) in [7, 11) is 1.42. The predicted molar refractivity (Wildman–Crippen MR) is 80.8 cm³/mol. The van der Waals surface area contributed by atoms with Gasteiger partial charge in [0.1, 0.15) is 12.0 Å². The normalized spacial score (nSPS) is 10.2. The van der Waals surface area contributed by atoms with Crippen molar-refractivity contribution in [3.05, 3.63) is 51.5 Å². The van der Waals surface area contributed by atoms with Crippen molar-refractivity contribution < 1.29 is 19.4 Å². The summed E-state index contributed by atoms with van der Waals surface area (Å²) in [4.78, 5) is 22.2. The molecular weight excluding hydrogens is 315 g/mol. The van der Waals surface area contributed by atoms with Crippen molar-refractivity contribution in [3.8, 4) is 16.9 Å². The fraction of sp³-hybridized carbons (Fsp3) is 0.0667. The highest BCUT2D eigenvalue weighted by Gasteiger charge is 2.20. The summed E-state index contributed by atoms with van der Waals surface area (Å²) in [6, 6.07) is 7.42. The molecule has 2 aromatic rings. The van der Waals surface area contributed by atoms with Gasteiger partial charge in [0.15, 0.2) is 0 Å². The first-order chi connectivity index (χ1) is 9.99. The van der Waals surface area contributed by atoms with E-state index < -0.39 is 5.97 Å². The fourth-order valence-corrected chi connectivity index (χ4v) is 2.40. The van der Waals surface area contributed by atoms with E-state index in [4.69, 9.17) is 27.9 Å². The van der Waals surface area contributed by atoms with Gasteiger partial charge in [0, 0.05) is 16.7 Å². The van der Waals surface area contributed by atoms with Gasteiger partial charge in [-0.05, 0) is 24.3 Å². The molecule has 0 heterocycles. The first-order valence-corrected chi connectivity index (χ1v) is 6.60. The highest BCUT2D eigenvalue weighted by molar-refractivity contribution is 6.44. The Kier molecular flexibility index (Phi) is 4.50. The summed E-state index contributed by atoms with van der Waals surface area (Å²) in [5.74, 6) is -0.795. The number of hydrogen-bond acceptors (Lipinski definition) is 3. The van der Waals surface area contributed by atoms with E-state index in [1.807, 2.05) is 0 Å². The van der Waals surface area contributed by atoms with Crippen molar-refractivity contribution in [2.75, 3.05) is 7.11 Å². The minimum absolute atomic E-state index is 0.00144. The summed E-state index contributed by atoms with van der Waals surface area (Å²) >= 11 is 12.1. The lowest BCUT2D eigenvalue weighted by Crippen LogP contribution is -2.02. The van der Waals surface area contributed by atoms with Crippen molar-refractivity contribution in [2.45, 2.75) is 0 Å². The number of benzene rings is 2. The number of halogens is 2. The lowest BCUT2D eigenvalue weighted by molar-refractivity contribution is 0.0697. The van der Waals surface area contributed by atoms with Crippen molar-refractivity contribution in [3.63, 3.8) is 0 Å². The molecular formula is C15H10Cl2O4. The molecule has 21 heavy (non-hydrogen) atoms. The van der Waals surface area contributed by atoms with E-state index in [9.17, 15) is 14.7 Å². The quantitative estimate of drug-likeness (QED) is 0.857. The van der Waals surface area contributed by atoms with Crippen LogP contribution in [0.5, 0.6) is 5.75 Å². The summed E-state index contributed by atoms with van der Waals surface area (Å²) in [5, 5.41) is 9.66. The Morgan fingerprint density at radius 2 is 1.95 bits per heavy atom. The van der Waals surface area contributed by atoms with Crippen molar-refractivity contribution in [1.82, 2.24) is 0 Å². The summed E-state index contributed by atoms with van der Waals surface area (Å²) < 4.78 is 5.22. The molecule has 6 heteroatoms. The molecule has 0 amide bonds. The monoisotopic (exact) mass is 324 g/mol. The number of hydrogen-bond donors (Lipinski definition) is 1. The zero-order valence-corrected chi connectivity index (χ0v) is 12.4. The maximum absolute atomic E-state index is 11.4. The molecule has 0 saturated carbocycles. The number of carbonyl (C=O) groups is 2. The zero-order chi connectivity index (χ0) is 15.6. The molecule has 0 spiro atoms. The minimum Gasteiger partial charge on any atom is -0.496 e. The largest absolute Gasteiger partial charge is 0.496 e. The van der Waals surface area contributed by atoms with Crippen LogP contribution >= 0.6 is 23.2 Å². The number of carbonyl (C=O) groups excluding carboxylic acids is 1. The van der Waals surface area contributed by atoms with Crippen molar-refractivity contribution >= 4 is 35.5 Å². The Balaban J connectivity index is 2.80. The van der Waals surface area contributed by atoms with Gasteiger partial charge in [-0.1, -0.05) is 29.3 Å². The standard InChI is InChI=1S/C15H10Cl2O4/c1-21-12-6-8(7-18)2-3-9(12)13-10(15(19)20)4-5-11(16)14(13)17/h2-7H,1H3,(H,19,20). The Hall–Kier alpha value is -2.04. The van der Waals surface area contributed by atoms with Gasteiger partial charge < -0.3 is 9.84 Å². The van der Waals surface area contributed by atoms with Crippen molar-refractivity contribution in [2.24, 2.45) is 0 Å². The van der Waals surface area contributed by atoms with Gasteiger partial charge in [-0.2, -0.15) is 0 Å². The lowest BCUT2D eigenvalue weighted by Gasteiger charge is -2.14. The van der Waals surface area contributed by atoms with Gasteiger partial charge in [0.05, 0.1) is 22.7 Å². The third-order valence-electron chi connectivity index (χ3n) is 2.96. The number of aromatic carboxylic acids is 1. The van der Waals surface area contributed by atoms with Crippen LogP contribution in [0.4, 0.5) is 0 Å². The molecule has 0 atom stereocenters. The van der Waals surface area contributed by atoms with Gasteiger partial charge in [-0.15, -0.1) is 0 Å². The molecule has 2 rings (SSSR count). The van der Waals surface area contributed by atoms with Crippen LogP contribution in [-0.4, -0.2) is 24.5 Å². The molecule has 1 N–H and O–H groups in total. The van der Waals surface area contributed by atoms with Crippen LogP contribution in [0.15, 0.2) is 30.3 Å². The number of rotatable bonds is 4. The first kappa shape index (κ1) is 15.4. The van der Waals surface area contributed by atoms with Crippen LogP contribution in [-0.2, 0) is 0 Å². The molecule has 2 aromatic carbocycles. The molecule has 0 fully saturated rings. The second-order valence-corrected chi connectivity index (χ2v) is 4.95. The minimum atomic E-state index is -1.13. The van der Waals surface area contributed by atoms with Gasteiger partial charge in [0.25, 0.3) is 0 Å². The smallest absolute Gasteiger partial charge is 0.336 e. The highest BCUT2D eigenvalue weighted by atomic mass is 35.5. The fourth-order valence-electron chi connectivity index (χ4n) is 1.98. The first-order valence-electron chi connectivity index (χ1n) is 5.84. The van der Waals surface area contributed by atoms with E-state index in [0.717, 1.165) is 0 Å². The average molecular weight is 325 g/mol. The zero-order valence-electron chi connectivity index (χ0n) is 10.9. The molecule has 4 nitrogen and oxygen atoms in total. The number of ether oxygens (including phenoxy) is 1. The Labute approximate surface area is 130 Å². The predicted octanol–water partition coefficient (Wildman–Crippen LogP) is 4.18. The number of methoxy groups -OCH3 is 1. The molecule has 0 aliphatic carbocycles. The Bertz CT molecular complexity index is 726. The Morgan fingerprint density at radius 3 is 2.52 bits per heavy atom. The number of carboxylic acid groups (broad SMARTS) is 1. The Morgan fingerprint density at radius 1 is 1.24 bits per heavy atom. The van der Waals surface area contributed by atoms with E-state index in [2.05, 4.69) is 0 Å². The molecule has 0 unspecified atom stereocenters. The van der Waals surface area contributed by atoms with E-state index in [1.54, 1.807) is 12.1 Å². The van der Waals surface area contributed by atoms with Crippen LogP contribution in [0.2, 0.25) is 10.0 Å². The van der Waals surface area contributed by atoms with Crippen LogP contribution < -0.4 is 4.74 Å². The number of carboxylic acids is 1. The third-order valence-corrected chi connectivity index (χ3v) is 3.76. The maximum atomic E-state index is 11.4. The molecule has 0 aromatic heterocycles. The lowest BCUT2D eigenvalue weighted by atomic mass is 9.97. The molecule has 0 aliphatic rings. The van der Waals surface area contributed by atoms with E-state index in [1.165, 1.54) is 25.3 Å².